The summed E-state index contributed by atoms with van der Waals surface area (Å²) in [5.41, 5.74) is 0.580. The fourth-order valence-corrected chi connectivity index (χ4v) is 5.30. The highest BCUT2D eigenvalue weighted by Gasteiger charge is 2.59. The normalized spacial score (nSPS) is 24.3. The summed E-state index contributed by atoms with van der Waals surface area (Å²) < 4.78 is 55.8. The molecular formula is C22H34ClFN3O10P. The summed E-state index contributed by atoms with van der Waals surface area (Å²) in [5, 5.41) is 10.7. The SMILES string of the molecule is CC(C)(C)C(=O)OCOP(=O)(C[C@@]1(CCl)O[C@@H](n2ccc(N)nc2=O)[C@H](F)[C@@H]1O)OCOC(=O)C(C)(C)C. The summed E-state index contributed by atoms with van der Waals surface area (Å²) in [6, 6.07) is 1.22. The van der Waals surface area contributed by atoms with Gasteiger partial charge in [-0.1, -0.05) is 0 Å². The van der Waals surface area contributed by atoms with Gasteiger partial charge in [0, 0.05) is 6.20 Å². The van der Waals surface area contributed by atoms with Crippen molar-refractivity contribution in [2.24, 2.45) is 10.8 Å². The Labute approximate surface area is 224 Å². The second-order valence-corrected chi connectivity index (χ2v) is 13.1. The molecule has 2 rings (SSSR count). The number of aromatic nitrogens is 2. The fraction of sp³-hybridized carbons (Fsp3) is 0.727. The van der Waals surface area contributed by atoms with Gasteiger partial charge in [0.15, 0.2) is 12.4 Å². The Balaban J connectivity index is 2.31. The van der Waals surface area contributed by atoms with Crippen LogP contribution in [0.1, 0.15) is 47.8 Å². The van der Waals surface area contributed by atoms with Crippen LogP contribution < -0.4 is 11.4 Å². The predicted molar refractivity (Wildman–Crippen MR) is 133 cm³/mol. The average molecular weight is 586 g/mol. The lowest BCUT2D eigenvalue weighted by atomic mass is 9.98. The number of alkyl halides is 2. The highest BCUT2D eigenvalue weighted by molar-refractivity contribution is 7.53. The van der Waals surface area contributed by atoms with E-state index in [2.05, 4.69) is 4.98 Å². The molecule has 4 atom stereocenters. The van der Waals surface area contributed by atoms with Crippen LogP contribution in [0.5, 0.6) is 0 Å². The van der Waals surface area contributed by atoms with E-state index in [1.54, 1.807) is 41.5 Å². The summed E-state index contributed by atoms with van der Waals surface area (Å²) in [7, 11) is -4.48. The maximum Gasteiger partial charge on any atom is 0.351 e. The van der Waals surface area contributed by atoms with Crippen molar-refractivity contribution in [3.63, 3.8) is 0 Å². The number of nitrogen functional groups attached to an aromatic ring is 1. The Morgan fingerprint density at radius 3 is 2.11 bits per heavy atom. The molecule has 1 fully saturated rings. The number of nitrogens with zero attached hydrogens (tertiary/aromatic N) is 2. The molecule has 1 aliphatic heterocycles. The molecule has 0 amide bonds. The summed E-state index contributed by atoms with van der Waals surface area (Å²) in [4.78, 5) is 39.9. The monoisotopic (exact) mass is 585 g/mol. The number of aliphatic hydroxyl groups is 1. The van der Waals surface area contributed by atoms with Gasteiger partial charge in [-0.15, -0.1) is 11.6 Å². The smallest absolute Gasteiger partial charge is 0.351 e. The Kier molecular flexibility index (Phi) is 10.1. The Bertz CT molecular complexity index is 1090. The zero-order chi connectivity index (χ0) is 29.1. The molecule has 16 heteroatoms. The molecule has 0 radical (unpaired) electrons. The van der Waals surface area contributed by atoms with Crippen molar-refractivity contribution in [1.29, 1.82) is 0 Å². The van der Waals surface area contributed by atoms with E-state index in [1.807, 2.05) is 0 Å². The van der Waals surface area contributed by atoms with Gasteiger partial charge in [0.1, 0.15) is 17.5 Å². The van der Waals surface area contributed by atoms with Gasteiger partial charge in [0.05, 0.1) is 22.9 Å². The first-order chi connectivity index (χ1) is 17.3. The minimum absolute atomic E-state index is 0.121. The molecule has 3 N–H and O–H groups in total. The average Bonchev–Trinajstić information content (AvgIpc) is 3.03. The largest absolute Gasteiger partial charge is 0.438 e. The lowest BCUT2D eigenvalue weighted by Gasteiger charge is -2.32. The standard InChI is InChI=1S/C22H34ClFN3O10P/c1-20(2,3)17(29)33-11-35-38(32,36-12-34-18(30)21(4,5)6)10-22(9-23)15(28)14(24)16(37-22)27-8-7-13(25)26-19(27)31/h7-8,14-16,28H,9-12H2,1-6H3,(H2,25,26,31)/t14-,15+,16-,22-/m1/s1. The van der Waals surface area contributed by atoms with Crippen LogP contribution >= 0.6 is 19.2 Å². The van der Waals surface area contributed by atoms with Gasteiger partial charge in [-0.05, 0) is 47.6 Å². The van der Waals surface area contributed by atoms with E-state index in [0.717, 1.165) is 10.8 Å². The van der Waals surface area contributed by atoms with E-state index < -0.39 is 85.8 Å². The highest BCUT2D eigenvalue weighted by atomic mass is 35.5. The van der Waals surface area contributed by atoms with Crippen LogP contribution in [-0.4, -0.2) is 70.1 Å². The molecule has 1 aliphatic rings. The second kappa shape index (κ2) is 12.0. The van der Waals surface area contributed by atoms with Gasteiger partial charge >= 0.3 is 25.2 Å². The number of rotatable bonds is 10. The van der Waals surface area contributed by atoms with E-state index in [0.29, 0.717) is 0 Å². The van der Waals surface area contributed by atoms with Crippen molar-refractivity contribution in [3.8, 4) is 0 Å². The Hall–Kier alpha value is -2.09. The molecule has 13 nitrogen and oxygen atoms in total. The van der Waals surface area contributed by atoms with Crippen LogP contribution in [-0.2, 0) is 37.4 Å². The van der Waals surface area contributed by atoms with Crippen LogP contribution in [0, 0.1) is 10.8 Å². The zero-order valence-corrected chi connectivity index (χ0v) is 23.7. The predicted octanol–water partition coefficient (Wildman–Crippen LogP) is 2.35. The minimum Gasteiger partial charge on any atom is -0.438 e. The maximum absolute atomic E-state index is 15.2. The molecule has 0 bridgehead atoms. The molecule has 0 aliphatic carbocycles. The number of carbonyl (C=O) groups is 2. The van der Waals surface area contributed by atoms with Gasteiger partial charge in [-0.25, -0.2) is 9.18 Å². The summed E-state index contributed by atoms with van der Waals surface area (Å²) in [6.07, 6.45) is -5.69. The summed E-state index contributed by atoms with van der Waals surface area (Å²) in [5.74, 6) is -2.12. The zero-order valence-electron chi connectivity index (χ0n) is 22.0. The second-order valence-electron chi connectivity index (χ2n) is 10.8. The lowest BCUT2D eigenvalue weighted by Crippen LogP contribution is -2.47. The first kappa shape index (κ1) is 32.1. The molecule has 38 heavy (non-hydrogen) atoms. The van der Waals surface area contributed by atoms with E-state index in [-0.39, 0.29) is 5.82 Å². The molecular weight excluding hydrogens is 552 g/mol. The van der Waals surface area contributed by atoms with Crippen LogP contribution in [0.4, 0.5) is 10.2 Å². The first-order valence-electron chi connectivity index (χ1n) is 11.5. The molecule has 1 aromatic heterocycles. The van der Waals surface area contributed by atoms with Gasteiger partial charge in [-0.2, -0.15) is 4.98 Å². The molecule has 0 unspecified atom stereocenters. The number of hydrogen-bond acceptors (Lipinski definition) is 12. The molecule has 0 spiro atoms. The molecule has 216 valence electrons. The van der Waals surface area contributed by atoms with Gasteiger partial charge < -0.3 is 25.1 Å². The maximum atomic E-state index is 15.2. The number of halogens is 2. The molecule has 2 heterocycles. The van der Waals surface area contributed by atoms with Crippen molar-refractivity contribution in [3.05, 3.63) is 22.7 Å². The van der Waals surface area contributed by atoms with Gasteiger partial charge in [0.25, 0.3) is 0 Å². The van der Waals surface area contributed by atoms with E-state index in [4.69, 9.17) is 40.6 Å². The third-order valence-electron chi connectivity index (χ3n) is 5.39. The van der Waals surface area contributed by atoms with Gasteiger partial charge in [0.2, 0.25) is 13.6 Å². The number of anilines is 1. The Morgan fingerprint density at radius 1 is 1.18 bits per heavy atom. The topological polar surface area (TPSA) is 178 Å². The van der Waals surface area contributed by atoms with Crippen molar-refractivity contribution < 1.29 is 46.9 Å². The lowest BCUT2D eigenvalue weighted by molar-refractivity contribution is -0.162. The van der Waals surface area contributed by atoms with Crippen LogP contribution in [0.15, 0.2) is 17.1 Å². The minimum atomic E-state index is -4.48. The van der Waals surface area contributed by atoms with Crippen LogP contribution in [0.3, 0.4) is 0 Å². The number of hydrogen-bond donors (Lipinski definition) is 2. The quantitative estimate of drug-likeness (QED) is 0.177. The van der Waals surface area contributed by atoms with Crippen LogP contribution in [0.25, 0.3) is 0 Å². The van der Waals surface area contributed by atoms with Crippen molar-refractivity contribution in [2.45, 2.75) is 65.6 Å². The van der Waals surface area contributed by atoms with E-state index >= 15 is 4.39 Å². The highest BCUT2D eigenvalue weighted by Crippen LogP contribution is 2.55. The first-order valence-corrected chi connectivity index (χ1v) is 13.7. The van der Waals surface area contributed by atoms with Crippen LogP contribution in [0.2, 0.25) is 0 Å². The fourth-order valence-electron chi connectivity index (χ4n) is 3.14. The summed E-state index contributed by atoms with van der Waals surface area (Å²) >= 11 is 6.06. The van der Waals surface area contributed by atoms with Crippen molar-refractivity contribution in [2.75, 3.05) is 31.4 Å². The Morgan fingerprint density at radius 2 is 1.68 bits per heavy atom. The van der Waals surface area contributed by atoms with Crippen molar-refractivity contribution >= 4 is 37.0 Å². The molecule has 1 saturated heterocycles. The number of esters is 2. The third kappa shape index (κ3) is 7.73. The number of aliphatic hydroxyl groups excluding tert-OH is 1. The van der Waals surface area contributed by atoms with E-state index in [1.165, 1.54) is 6.07 Å². The van der Waals surface area contributed by atoms with Gasteiger partial charge in [-0.3, -0.25) is 27.8 Å². The molecule has 0 aromatic carbocycles. The number of carbonyl (C=O) groups excluding carboxylic acids is 2. The summed E-state index contributed by atoms with van der Waals surface area (Å²) in [6.45, 7) is 7.79. The third-order valence-corrected chi connectivity index (χ3v) is 7.76. The number of ether oxygens (including phenoxy) is 3. The van der Waals surface area contributed by atoms with E-state index in [9.17, 15) is 24.1 Å². The molecule has 1 aromatic rings. The number of nitrogens with two attached hydrogens (primary N) is 1. The van der Waals surface area contributed by atoms with Crippen molar-refractivity contribution in [1.82, 2.24) is 9.55 Å². The molecule has 0 saturated carbocycles.